The minimum Gasteiger partial charge on any atom is -0.496 e. The Morgan fingerprint density at radius 3 is 2.53 bits per heavy atom. The van der Waals surface area contributed by atoms with E-state index < -0.39 is 0 Å². The van der Waals surface area contributed by atoms with Crippen LogP contribution in [0, 0.1) is 19.8 Å². The maximum Gasteiger partial charge on any atom is 0.180 e. The lowest BCUT2D eigenvalue weighted by atomic mass is 9.91. The van der Waals surface area contributed by atoms with Gasteiger partial charge in [-0.05, 0) is 78.5 Å². The highest BCUT2D eigenvalue weighted by atomic mass is 16.5. The molecule has 5 nitrogen and oxygen atoms in total. The molecule has 3 rings (SSSR count). The van der Waals surface area contributed by atoms with Crippen LogP contribution in [0.15, 0.2) is 36.5 Å². The van der Waals surface area contributed by atoms with Crippen molar-refractivity contribution in [1.29, 1.82) is 0 Å². The third-order valence-electron chi connectivity index (χ3n) is 6.77. The van der Waals surface area contributed by atoms with Crippen molar-refractivity contribution in [2.24, 2.45) is 5.92 Å². The Labute approximate surface area is 204 Å². The summed E-state index contributed by atoms with van der Waals surface area (Å²) in [5.74, 6) is 1.18. The van der Waals surface area contributed by atoms with Crippen molar-refractivity contribution in [3.8, 4) is 5.75 Å². The van der Waals surface area contributed by atoms with Crippen LogP contribution in [0.1, 0.15) is 64.9 Å². The number of rotatable bonds is 10. The number of ketones is 1. The third-order valence-corrected chi connectivity index (χ3v) is 6.77. The molecule has 0 spiro atoms. The van der Waals surface area contributed by atoms with Crippen molar-refractivity contribution in [3.05, 3.63) is 69.9 Å². The van der Waals surface area contributed by atoms with Crippen LogP contribution in [0.25, 0.3) is 5.57 Å². The molecule has 1 atom stereocenters. The molecule has 2 aromatic rings. The zero-order valence-electron chi connectivity index (χ0n) is 21.6. The molecular formula is C29H40N2O3. The number of methoxy groups -OCH3 is 1. The van der Waals surface area contributed by atoms with E-state index in [-0.39, 0.29) is 18.4 Å². The Morgan fingerprint density at radius 1 is 1.21 bits per heavy atom. The van der Waals surface area contributed by atoms with Crippen molar-refractivity contribution in [1.82, 2.24) is 10.6 Å². The molecule has 34 heavy (non-hydrogen) atoms. The molecule has 1 aliphatic rings. The van der Waals surface area contributed by atoms with Gasteiger partial charge in [-0.3, -0.25) is 4.79 Å². The molecule has 0 aliphatic carbocycles. The first-order valence-electron chi connectivity index (χ1n) is 12.3. The molecule has 0 amide bonds. The summed E-state index contributed by atoms with van der Waals surface area (Å²) in [5.41, 5.74) is 7.74. The van der Waals surface area contributed by atoms with E-state index in [9.17, 15) is 4.79 Å². The van der Waals surface area contributed by atoms with E-state index in [1.807, 2.05) is 20.0 Å². The van der Waals surface area contributed by atoms with E-state index in [2.05, 4.69) is 61.9 Å². The Morgan fingerprint density at radius 2 is 1.94 bits per heavy atom. The van der Waals surface area contributed by atoms with Crippen LogP contribution < -0.4 is 15.4 Å². The smallest absolute Gasteiger partial charge is 0.180 e. The summed E-state index contributed by atoms with van der Waals surface area (Å²) in [6.45, 7) is 10.3. The maximum atomic E-state index is 13.2. The van der Waals surface area contributed by atoms with E-state index in [4.69, 9.17) is 9.47 Å². The number of hydrogen-bond acceptors (Lipinski definition) is 5. The average molecular weight is 465 g/mol. The summed E-state index contributed by atoms with van der Waals surface area (Å²) < 4.78 is 11.2. The largest absolute Gasteiger partial charge is 0.496 e. The summed E-state index contributed by atoms with van der Waals surface area (Å²) in [6, 6.07) is 11.0. The molecule has 1 saturated heterocycles. The van der Waals surface area contributed by atoms with Crippen molar-refractivity contribution >= 4 is 11.4 Å². The SMILES string of the molecule is CN/C=C(/c1ccc(Cc2cc(C(=O)CNC3CCCOC3)c(OC)c(C)c2C)cc1)C(C)C. The predicted octanol–water partition coefficient (Wildman–Crippen LogP) is 5.07. The number of nitrogens with one attached hydrogen (secondary N) is 2. The number of carbonyl (C=O) groups is 1. The number of benzene rings is 2. The van der Waals surface area contributed by atoms with Gasteiger partial charge >= 0.3 is 0 Å². The van der Waals surface area contributed by atoms with Gasteiger partial charge in [-0.2, -0.15) is 0 Å². The Balaban J connectivity index is 1.82. The van der Waals surface area contributed by atoms with Gasteiger partial charge in [0.15, 0.2) is 5.78 Å². The van der Waals surface area contributed by atoms with Crippen molar-refractivity contribution in [3.63, 3.8) is 0 Å². The van der Waals surface area contributed by atoms with Gasteiger partial charge in [-0.25, -0.2) is 0 Å². The van der Waals surface area contributed by atoms with Crippen LogP contribution in [0.3, 0.4) is 0 Å². The number of Topliss-reactive ketones (excluding diaryl/α,β-unsaturated/α-hetero) is 1. The van der Waals surface area contributed by atoms with Crippen LogP contribution in [-0.2, 0) is 11.2 Å². The van der Waals surface area contributed by atoms with E-state index in [0.29, 0.717) is 23.8 Å². The first kappa shape index (κ1) is 26.0. The van der Waals surface area contributed by atoms with Crippen LogP contribution in [0.2, 0.25) is 0 Å². The van der Waals surface area contributed by atoms with Gasteiger partial charge < -0.3 is 20.1 Å². The standard InChI is InChI=1S/C29H40N2O3/c1-19(2)27(16-30-5)23-11-9-22(10-12-23)14-24-15-26(29(33-6)21(4)20(24)3)28(32)17-31-25-8-7-13-34-18-25/h9-12,15-16,19,25,30-31H,7-8,13-14,17-18H2,1-6H3/b27-16+. The fourth-order valence-electron chi connectivity index (χ4n) is 4.62. The van der Waals surface area contributed by atoms with Gasteiger partial charge in [-0.1, -0.05) is 38.1 Å². The average Bonchev–Trinajstić information content (AvgIpc) is 2.84. The van der Waals surface area contributed by atoms with Crippen LogP contribution >= 0.6 is 0 Å². The third kappa shape index (κ3) is 6.28. The number of hydrogen-bond donors (Lipinski definition) is 2. The van der Waals surface area contributed by atoms with Crippen LogP contribution in [0.5, 0.6) is 5.75 Å². The maximum absolute atomic E-state index is 13.2. The zero-order chi connectivity index (χ0) is 24.7. The van der Waals surface area contributed by atoms with Gasteiger partial charge in [0.2, 0.25) is 0 Å². The molecule has 0 radical (unpaired) electrons. The molecule has 0 saturated carbocycles. The second-order valence-electron chi connectivity index (χ2n) is 9.50. The van der Waals surface area contributed by atoms with Crippen molar-refractivity contribution in [2.45, 2.75) is 53.0 Å². The Kier molecular flexibility index (Phi) is 9.31. The molecule has 0 aromatic heterocycles. The molecule has 0 bridgehead atoms. The first-order valence-corrected chi connectivity index (χ1v) is 12.3. The predicted molar refractivity (Wildman–Crippen MR) is 140 cm³/mol. The molecule has 2 N–H and O–H groups in total. The van der Waals surface area contributed by atoms with E-state index in [1.165, 1.54) is 22.3 Å². The summed E-state index contributed by atoms with van der Waals surface area (Å²) >= 11 is 0. The second kappa shape index (κ2) is 12.2. The molecule has 184 valence electrons. The highest BCUT2D eigenvalue weighted by molar-refractivity contribution is 6.01. The van der Waals surface area contributed by atoms with Gasteiger partial charge in [-0.15, -0.1) is 0 Å². The normalized spacial score (nSPS) is 16.6. The highest BCUT2D eigenvalue weighted by Gasteiger charge is 2.21. The lowest BCUT2D eigenvalue weighted by Crippen LogP contribution is -2.39. The quantitative estimate of drug-likeness (QED) is 0.481. The van der Waals surface area contributed by atoms with Crippen LogP contribution in [-0.4, -0.2) is 45.7 Å². The Hall–Kier alpha value is -2.63. The van der Waals surface area contributed by atoms with Gasteiger partial charge in [0.25, 0.3) is 0 Å². The van der Waals surface area contributed by atoms with Crippen molar-refractivity contribution < 1.29 is 14.3 Å². The summed E-state index contributed by atoms with van der Waals surface area (Å²) in [6.07, 6.45) is 4.92. The fraction of sp³-hybridized carbons (Fsp3) is 0.483. The van der Waals surface area contributed by atoms with E-state index >= 15 is 0 Å². The topological polar surface area (TPSA) is 59.6 Å². The monoisotopic (exact) mass is 464 g/mol. The lowest BCUT2D eigenvalue weighted by Gasteiger charge is -2.23. The molecular weight excluding hydrogens is 424 g/mol. The Bertz CT molecular complexity index is 1000. The lowest BCUT2D eigenvalue weighted by molar-refractivity contribution is 0.0688. The van der Waals surface area contributed by atoms with E-state index in [0.717, 1.165) is 37.0 Å². The van der Waals surface area contributed by atoms with Crippen molar-refractivity contribution in [2.75, 3.05) is 33.9 Å². The fourth-order valence-corrected chi connectivity index (χ4v) is 4.62. The minimum atomic E-state index is 0.0564. The highest BCUT2D eigenvalue weighted by Crippen LogP contribution is 2.31. The molecule has 1 fully saturated rings. The summed E-state index contributed by atoms with van der Waals surface area (Å²) in [7, 11) is 3.58. The summed E-state index contributed by atoms with van der Waals surface area (Å²) in [4.78, 5) is 13.2. The molecule has 1 unspecified atom stereocenters. The number of carbonyl (C=O) groups excluding carboxylic acids is 1. The minimum absolute atomic E-state index is 0.0564. The summed E-state index contributed by atoms with van der Waals surface area (Å²) in [5, 5.41) is 6.53. The first-order chi connectivity index (χ1) is 16.3. The molecule has 1 aliphatic heterocycles. The van der Waals surface area contributed by atoms with Gasteiger partial charge in [0, 0.05) is 25.9 Å². The zero-order valence-corrected chi connectivity index (χ0v) is 21.6. The van der Waals surface area contributed by atoms with Crippen LogP contribution in [0.4, 0.5) is 0 Å². The number of ether oxygens (including phenoxy) is 2. The van der Waals surface area contributed by atoms with Gasteiger partial charge in [0.1, 0.15) is 5.75 Å². The number of allylic oxidation sites excluding steroid dienone is 1. The molecule has 1 heterocycles. The second-order valence-corrected chi connectivity index (χ2v) is 9.50. The van der Waals surface area contributed by atoms with Gasteiger partial charge in [0.05, 0.1) is 25.8 Å². The van der Waals surface area contributed by atoms with E-state index in [1.54, 1.807) is 7.11 Å². The molecule has 5 heteroatoms. The molecule has 2 aromatic carbocycles.